The maximum atomic E-state index is 12.5. The lowest BCUT2D eigenvalue weighted by Crippen LogP contribution is -2.35. The minimum Gasteiger partial charge on any atom is -0.496 e. The first-order valence-corrected chi connectivity index (χ1v) is 10.4. The Hall–Kier alpha value is -3.02. The Labute approximate surface area is 178 Å². The molecule has 0 unspecified atom stereocenters. The summed E-state index contributed by atoms with van der Waals surface area (Å²) in [4.78, 5) is 25.0. The minimum atomic E-state index is -0.112. The van der Waals surface area contributed by atoms with E-state index in [4.69, 9.17) is 9.47 Å². The van der Waals surface area contributed by atoms with Crippen LogP contribution in [0.2, 0.25) is 0 Å². The lowest BCUT2D eigenvalue weighted by atomic mass is 9.81. The second-order valence-electron chi connectivity index (χ2n) is 7.72. The van der Waals surface area contributed by atoms with E-state index in [9.17, 15) is 9.59 Å². The quantitative estimate of drug-likeness (QED) is 0.696. The summed E-state index contributed by atoms with van der Waals surface area (Å²) in [5, 5.41) is 6.09. The normalized spacial score (nSPS) is 18.3. The molecule has 3 rings (SSSR count). The molecule has 0 heterocycles. The number of amides is 2. The summed E-state index contributed by atoms with van der Waals surface area (Å²) in [5.74, 6) is 1.75. The minimum absolute atomic E-state index is 0.112. The first-order valence-electron chi connectivity index (χ1n) is 10.4. The molecule has 2 aromatic carbocycles. The van der Waals surface area contributed by atoms with Crippen molar-refractivity contribution in [2.75, 3.05) is 27.3 Å². The van der Waals surface area contributed by atoms with Crippen LogP contribution in [0.4, 0.5) is 0 Å². The highest BCUT2D eigenvalue weighted by atomic mass is 16.5. The van der Waals surface area contributed by atoms with E-state index < -0.39 is 0 Å². The Bertz CT molecular complexity index is 798. The standard InChI is InChI=1S/C24H30N2O4/c1-29-21-12-5-3-10-19(21)23(27)25-15-17-8-7-9-18(14-17)16-26-24(28)20-11-4-6-13-22(20)30-2/h3-6,10-13,17-18H,7-9,14-16H2,1-2H3,(H,25,27)(H,26,28)/t17-,18-/m0/s1. The molecule has 1 aliphatic rings. The van der Waals surface area contributed by atoms with Crippen molar-refractivity contribution in [3.05, 3.63) is 59.7 Å². The van der Waals surface area contributed by atoms with Crippen LogP contribution >= 0.6 is 0 Å². The summed E-state index contributed by atoms with van der Waals surface area (Å²) in [6.45, 7) is 1.27. The van der Waals surface area contributed by atoms with Crippen LogP contribution < -0.4 is 20.1 Å². The monoisotopic (exact) mass is 410 g/mol. The zero-order chi connectivity index (χ0) is 21.3. The Morgan fingerprint density at radius 2 is 1.23 bits per heavy atom. The molecule has 6 heteroatoms. The Morgan fingerprint density at radius 3 is 1.67 bits per heavy atom. The van der Waals surface area contributed by atoms with Crippen molar-refractivity contribution in [3.8, 4) is 11.5 Å². The molecule has 160 valence electrons. The van der Waals surface area contributed by atoms with Crippen molar-refractivity contribution in [1.29, 1.82) is 0 Å². The van der Waals surface area contributed by atoms with E-state index in [0.29, 0.717) is 47.6 Å². The molecule has 0 bridgehead atoms. The van der Waals surface area contributed by atoms with Gasteiger partial charge in [0, 0.05) is 13.1 Å². The number of carbonyl (C=O) groups is 2. The molecule has 30 heavy (non-hydrogen) atoms. The second kappa shape index (κ2) is 10.7. The number of para-hydroxylation sites is 2. The first-order chi connectivity index (χ1) is 14.6. The van der Waals surface area contributed by atoms with E-state index >= 15 is 0 Å². The molecule has 2 atom stereocenters. The number of carbonyl (C=O) groups excluding carboxylic acids is 2. The van der Waals surface area contributed by atoms with Gasteiger partial charge in [-0.3, -0.25) is 9.59 Å². The summed E-state index contributed by atoms with van der Waals surface area (Å²) in [5.41, 5.74) is 1.10. The Morgan fingerprint density at radius 1 is 0.800 bits per heavy atom. The van der Waals surface area contributed by atoms with Crippen molar-refractivity contribution < 1.29 is 19.1 Å². The number of benzene rings is 2. The van der Waals surface area contributed by atoms with E-state index in [1.165, 1.54) is 0 Å². The van der Waals surface area contributed by atoms with Gasteiger partial charge in [0.1, 0.15) is 11.5 Å². The van der Waals surface area contributed by atoms with Gasteiger partial charge in [0.25, 0.3) is 11.8 Å². The van der Waals surface area contributed by atoms with Crippen molar-refractivity contribution >= 4 is 11.8 Å². The molecule has 0 aliphatic heterocycles. The smallest absolute Gasteiger partial charge is 0.255 e. The van der Waals surface area contributed by atoms with E-state index in [2.05, 4.69) is 10.6 Å². The highest BCUT2D eigenvalue weighted by Crippen LogP contribution is 2.29. The Kier molecular flexibility index (Phi) is 7.71. The molecule has 1 saturated carbocycles. The van der Waals surface area contributed by atoms with Gasteiger partial charge in [0.15, 0.2) is 0 Å². The molecule has 0 aromatic heterocycles. The van der Waals surface area contributed by atoms with Crippen molar-refractivity contribution in [2.45, 2.75) is 25.7 Å². The third kappa shape index (κ3) is 5.53. The number of methoxy groups -OCH3 is 2. The molecule has 6 nitrogen and oxygen atoms in total. The zero-order valence-corrected chi connectivity index (χ0v) is 17.6. The summed E-state index contributed by atoms with van der Waals surface area (Å²) in [6, 6.07) is 14.5. The molecule has 0 saturated heterocycles. The largest absolute Gasteiger partial charge is 0.496 e. The van der Waals surface area contributed by atoms with Gasteiger partial charge in [0.05, 0.1) is 25.3 Å². The maximum absolute atomic E-state index is 12.5. The Balaban J connectivity index is 1.48. The predicted octanol–water partition coefficient (Wildman–Crippen LogP) is 3.67. The fourth-order valence-electron chi connectivity index (χ4n) is 4.10. The molecule has 0 spiro atoms. The van der Waals surface area contributed by atoms with Gasteiger partial charge >= 0.3 is 0 Å². The van der Waals surface area contributed by atoms with Crippen molar-refractivity contribution in [3.63, 3.8) is 0 Å². The highest BCUT2D eigenvalue weighted by Gasteiger charge is 2.24. The average molecular weight is 411 g/mol. The van der Waals surface area contributed by atoms with Crippen LogP contribution in [0.25, 0.3) is 0 Å². The van der Waals surface area contributed by atoms with Gasteiger partial charge in [-0.05, 0) is 55.4 Å². The molecule has 1 fully saturated rings. The fraction of sp³-hybridized carbons (Fsp3) is 0.417. The molecule has 1 aliphatic carbocycles. The zero-order valence-electron chi connectivity index (χ0n) is 17.6. The number of ether oxygens (including phenoxy) is 2. The third-order valence-electron chi connectivity index (χ3n) is 5.70. The van der Waals surface area contributed by atoms with Gasteiger partial charge in [0.2, 0.25) is 0 Å². The van der Waals surface area contributed by atoms with Crippen LogP contribution in [0.15, 0.2) is 48.5 Å². The van der Waals surface area contributed by atoms with Crippen LogP contribution in [-0.4, -0.2) is 39.1 Å². The van der Waals surface area contributed by atoms with Gasteiger partial charge in [-0.1, -0.05) is 30.7 Å². The van der Waals surface area contributed by atoms with Gasteiger partial charge in [-0.25, -0.2) is 0 Å². The molecular weight excluding hydrogens is 380 g/mol. The molecule has 2 N–H and O–H groups in total. The number of hydrogen-bond acceptors (Lipinski definition) is 4. The van der Waals surface area contributed by atoms with Crippen LogP contribution in [0.1, 0.15) is 46.4 Å². The van der Waals surface area contributed by atoms with Gasteiger partial charge in [-0.15, -0.1) is 0 Å². The third-order valence-corrected chi connectivity index (χ3v) is 5.70. The van der Waals surface area contributed by atoms with Gasteiger partial charge in [-0.2, -0.15) is 0 Å². The number of nitrogens with one attached hydrogen (secondary N) is 2. The number of hydrogen-bond donors (Lipinski definition) is 2. The van der Waals surface area contributed by atoms with Crippen LogP contribution in [0.5, 0.6) is 11.5 Å². The van der Waals surface area contributed by atoms with E-state index in [-0.39, 0.29) is 11.8 Å². The summed E-state index contributed by atoms with van der Waals surface area (Å²) in [7, 11) is 3.13. The summed E-state index contributed by atoms with van der Waals surface area (Å²) in [6.07, 6.45) is 4.26. The van der Waals surface area contributed by atoms with E-state index in [0.717, 1.165) is 25.7 Å². The molecular formula is C24H30N2O4. The summed E-state index contributed by atoms with van der Waals surface area (Å²) >= 11 is 0. The average Bonchev–Trinajstić information content (AvgIpc) is 2.81. The van der Waals surface area contributed by atoms with Crippen molar-refractivity contribution in [2.24, 2.45) is 11.8 Å². The number of rotatable bonds is 8. The SMILES string of the molecule is COc1ccccc1C(=O)NC[C@H]1CCC[C@H](CNC(=O)c2ccccc2OC)C1. The lowest BCUT2D eigenvalue weighted by molar-refractivity contribution is 0.0932. The first kappa shape index (κ1) is 21.7. The van der Waals surface area contributed by atoms with E-state index in [1.54, 1.807) is 38.5 Å². The lowest BCUT2D eigenvalue weighted by Gasteiger charge is -2.29. The molecule has 0 radical (unpaired) electrons. The highest BCUT2D eigenvalue weighted by molar-refractivity contribution is 5.97. The second-order valence-corrected chi connectivity index (χ2v) is 7.72. The molecule has 2 amide bonds. The topological polar surface area (TPSA) is 76.7 Å². The molecule has 2 aromatic rings. The maximum Gasteiger partial charge on any atom is 0.255 e. The van der Waals surface area contributed by atoms with E-state index in [1.807, 2.05) is 24.3 Å². The van der Waals surface area contributed by atoms with Crippen LogP contribution in [0.3, 0.4) is 0 Å². The summed E-state index contributed by atoms with van der Waals surface area (Å²) < 4.78 is 10.5. The van der Waals surface area contributed by atoms with Crippen molar-refractivity contribution in [1.82, 2.24) is 10.6 Å². The van der Waals surface area contributed by atoms with Crippen LogP contribution in [0, 0.1) is 11.8 Å². The predicted molar refractivity (Wildman–Crippen MR) is 116 cm³/mol. The van der Waals surface area contributed by atoms with Gasteiger partial charge < -0.3 is 20.1 Å². The van der Waals surface area contributed by atoms with Crippen LogP contribution in [-0.2, 0) is 0 Å². The fourth-order valence-corrected chi connectivity index (χ4v) is 4.10.